The third-order valence-electron chi connectivity index (χ3n) is 1.67. The van der Waals surface area contributed by atoms with Crippen LogP contribution in [0.4, 0.5) is 0 Å². The van der Waals surface area contributed by atoms with Crippen molar-refractivity contribution >= 4 is 11.6 Å². The van der Waals surface area contributed by atoms with E-state index in [-0.39, 0.29) is 18.0 Å². The van der Waals surface area contributed by atoms with Gasteiger partial charge < -0.3 is 5.11 Å². The summed E-state index contributed by atoms with van der Waals surface area (Å²) in [5, 5.41) is 19.7. The van der Waals surface area contributed by atoms with Crippen molar-refractivity contribution in [2.45, 2.75) is 12.0 Å². The summed E-state index contributed by atoms with van der Waals surface area (Å²) in [5.74, 6) is 0.0466. The summed E-state index contributed by atoms with van der Waals surface area (Å²) >= 11 is 5.45. The summed E-state index contributed by atoms with van der Waals surface area (Å²) < 4.78 is 0. The van der Waals surface area contributed by atoms with Crippen molar-refractivity contribution in [3.8, 4) is 0 Å². The molecule has 12 heavy (non-hydrogen) atoms. The number of nitrogens with zero attached hydrogens (tertiary/aromatic N) is 1. The summed E-state index contributed by atoms with van der Waals surface area (Å²) in [6.07, 6.45) is 4.19. The van der Waals surface area contributed by atoms with E-state index in [9.17, 15) is 15.2 Å². The van der Waals surface area contributed by atoms with Crippen LogP contribution in [0.1, 0.15) is 6.42 Å². The molecule has 0 aromatic rings. The Labute approximate surface area is 74.3 Å². The van der Waals surface area contributed by atoms with Crippen LogP contribution in [-0.2, 0) is 0 Å². The van der Waals surface area contributed by atoms with E-state index in [1.54, 1.807) is 0 Å². The van der Waals surface area contributed by atoms with Crippen LogP contribution >= 0.6 is 11.6 Å². The molecular weight excluding hydrogens is 182 g/mol. The summed E-state index contributed by atoms with van der Waals surface area (Å²) in [6.45, 7) is 0. The summed E-state index contributed by atoms with van der Waals surface area (Å²) in [4.78, 5) is 9.73. The average molecular weight is 190 g/mol. The highest BCUT2D eigenvalue weighted by Gasteiger charge is 2.26. The Morgan fingerprint density at radius 1 is 1.83 bits per heavy atom. The van der Waals surface area contributed by atoms with Crippen LogP contribution in [0.5, 0.6) is 0 Å². The predicted molar refractivity (Wildman–Crippen MR) is 44.5 cm³/mol. The van der Waals surface area contributed by atoms with E-state index in [1.807, 2.05) is 0 Å². The number of hydrogen-bond donors (Lipinski definition) is 1. The van der Waals surface area contributed by atoms with Crippen molar-refractivity contribution in [3.05, 3.63) is 34.0 Å². The lowest BCUT2D eigenvalue weighted by molar-refractivity contribution is -0.419. The summed E-state index contributed by atoms with van der Waals surface area (Å²) in [5.41, 5.74) is -1.11. The van der Waals surface area contributed by atoms with Gasteiger partial charge >= 0.3 is 0 Å². The number of allylic oxidation sites excluding steroid dienone is 1. The summed E-state index contributed by atoms with van der Waals surface area (Å²) in [6, 6.07) is 0. The van der Waals surface area contributed by atoms with Crippen LogP contribution in [0.3, 0.4) is 0 Å². The first kappa shape index (κ1) is 9.22. The van der Waals surface area contributed by atoms with E-state index in [2.05, 4.69) is 0 Å². The molecule has 1 atom stereocenters. The van der Waals surface area contributed by atoms with Gasteiger partial charge in [-0.05, 0) is 12.2 Å². The topological polar surface area (TPSA) is 63.4 Å². The number of rotatable bonds is 2. The second-order valence-electron chi connectivity index (χ2n) is 2.66. The minimum atomic E-state index is -1.11. The molecule has 1 N–H and O–H groups in total. The molecule has 0 aromatic carbocycles. The van der Waals surface area contributed by atoms with Gasteiger partial charge in [0.2, 0.25) is 0 Å². The molecule has 0 aliphatic heterocycles. The first-order chi connectivity index (χ1) is 5.57. The molecule has 5 heteroatoms. The van der Waals surface area contributed by atoms with Crippen molar-refractivity contribution in [1.29, 1.82) is 0 Å². The van der Waals surface area contributed by atoms with Gasteiger partial charge in [0.05, 0.1) is 10.8 Å². The van der Waals surface area contributed by atoms with Gasteiger partial charge in [-0.15, -0.1) is 11.6 Å². The lowest BCUT2D eigenvalue weighted by Crippen LogP contribution is -2.29. The van der Waals surface area contributed by atoms with Crippen LogP contribution in [0.2, 0.25) is 0 Å². The number of hydrogen-bond acceptors (Lipinski definition) is 3. The Kier molecular flexibility index (Phi) is 2.49. The molecule has 0 saturated heterocycles. The fourth-order valence-corrected chi connectivity index (χ4v) is 1.09. The molecule has 0 heterocycles. The van der Waals surface area contributed by atoms with Gasteiger partial charge in [0.15, 0.2) is 0 Å². The molecule has 0 amide bonds. The second-order valence-corrected chi connectivity index (χ2v) is 2.93. The van der Waals surface area contributed by atoms with Crippen LogP contribution < -0.4 is 0 Å². The monoisotopic (exact) mass is 189 g/mol. The fraction of sp³-hybridized carbons (Fsp3) is 0.429. The first-order valence-electron chi connectivity index (χ1n) is 3.39. The van der Waals surface area contributed by atoms with Crippen LogP contribution in [0, 0.1) is 10.1 Å². The quantitative estimate of drug-likeness (QED) is 0.402. The average Bonchev–Trinajstić information content (AvgIpc) is 2.05. The number of alkyl halides is 1. The molecule has 0 fully saturated rings. The van der Waals surface area contributed by atoms with Gasteiger partial charge in [-0.25, -0.2) is 0 Å². The van der Waals surface area contributed by atoms with Crippen molar-refractivity contribution in [2.75, 3.05) is 5.88 Å². The third kappa shape index (κ3) is 1.84. The van der Waals surface area contributed by atoms with Crippen molar-refractivity contribution in [2.24, 2.45) is 0 Å². The van der Waals surface area contributed by atoms with E-state index >= 15 is 0 Å². The van der Waals surface area contributed by atoms with Gasteiger partial charge in [0.25, 0.3) is 5.70 Å². The van der Waals surface area contributed by atoms with Gasteiger partial charge in [0, 0.05) is 12.5 Å². The number of aliphatic hydroxyl groups is 1. The largest absolute Gasteiger partial charge is 0.384 e. The Bertz CT molecular complexity index is 261. The Hall–Kier alpha value is -0.870. The van der Waals surface area contributed by atoms with E-state index < -0.39 is 10.5 Å². The molecule has 1 unspecified atom stereocenters. The molecule has 0 bridgehead atoms. The van der Waals surface area contributed by atoms with Crippen LogP contribution in [0.25, 0.3) is 0 Å². The van der Waals surface area contributed by atoms with Crippen molar-refractivity contribution in [3.63, 3.8) is 0 Å². The smallest absolute Gasteiger partial charge is 0.265 e. The lowest BCUT2D eigenvalue weighted by Gasteiger charge is -2.21. The van der Waals surface area contributed by atoms with Gasteiger partial charge in [-0.1, -0.05) is 0 Å². The van der Waals surface area contributed by atoms with E-state index in [0.717, 1.165) is 0 Å². The third-order valence-corrected chi connectivity index (χ3v) is 2.13. The molecule has 1 aliphatic rings. The molecular formula is C7H8ClNO3. The number of halogens is 1. The Balaban J connectivity index is 2.74. The zero-order valence-corrected chi connectivity index (χ0v) is 6.99. The van der Waals surface area contributed by atoms with Crippen molar-refractivity contribution < 1.29 is 10.0 Å². The Morgan fingerprint density at radius 2 is 2.50 bits per heavy atom. The van der Waals surface area contributed by atoms with E-state index in [4.69, 9.17) is 11.6 Å². The first-order valence-corrected chi connectivity index (χ1v) is 3.93. The highest BCUT2D eigenvalue weighted by molar-refractivity contribution is 6.18. The molecule has 1 rings (SSSR count). The minimum Gasteiger partial charge on any atom is -0.384 e. The summed E-state index contributed by atoms with van der Waals surface area (Å²) in [7, 11) is 0. The fourth-order valence-electron chi connectivity index (χ4n) is 0.892. The van der Waals surface area contributed by atoms with Gasteiger partial charge in [-0.3, -0.25) is 10.1 Å². The molecule has 0 saturated carbocycles. The highest BCUT2D eigenvalue weighted by atomic mass is 35.5. The molecule has 4 nitrogen and oxygen atoms in total. The maximum absolute atomic E-state index is 10.2. The second kappa shape index (κ2) is 3.25. The maximum Gasteiger partial charge on any atom is 0.265 e. The number of nitro groups is 1. The lowest BCUT2D eigenvalue weighted by atomic mass is 9.96. The molecule has 0 spiro atoms. The minimum absolute atomic E-state index is 0.00444. The normalized spacial score (nSPS) is 28.3. The maximum atomic E-state index is 10.2. The molecule has 0 aromatic heterocycles. The predicted octanol–water partition coefficient (Wildman–Crippen LogP) is 1.08. The van der Waals surface area contributed by atoms with Crippen molar-refractivity contribution in [1.82, 2.24) is 0 Å². The molecule has 1 aliphatic carbocycles. The zero-order chi connectivity index (χ0) is 9.19. The highest BCUT2D eigenvalue weighted by Crippen LogP contribution is 2.22. The standard InChI is InChI=1S/C7H8ClNO3/c8-5-7(10)3-1-6(2-4-7)9(11)12/h1-3,10H,4-5H2. The zero-order valence-electron chi connectivity index (χ0n) is 6.24. The SMILES string of the molecule is O=[N+]([O-])C1=CCC(O)(CCl)C=C1. The molecule has 66 valence electrons. The van der Waals surface area contributed by atoms with Crippen LogP contribution in [0.15, 0.2) is 23.9 Å². The van der Waals surface area contributed by atoms with Gasteiger partial charge in [-0.2, -0.15) is 0 Å². The Morgan fingerprint density at radius 3 is 2.83 bits per heavy atom. The molecule has 0 radical (unpaired) electrons. The van der Waals surface area contributed by atoms with Crippen LogP contribution in [-0.4, -0.2) is 21.5 Å². The van der Waals surface area contributed by atoms with Gasteiger partial charge in [0.1, 0.15) is 5.60 Å². The van der Waals surface area contributed by atoms with E-state index in [0.29, 0.717) is 0 Å². The van der Waals surface area contributed by atoms with E-state index in [1.165, 1.54) is 18.2 Å².